The number of nitrogens with two attached hydrogens (primary N) is 1. The molecule has 5 unspecified atom stereocenters. The van der Waals surface area contributed by atoms with Crippen LogP contribution in [0.5, 0.6) is 0 Å². The van der Waals surface area contributed by atoms with Gasteiger partial charge in [-0.1, -0.05) is 91.9 Å². The van der Waals surface area contributed by atoms with Crippen LogP contribution in [0.15, 0.2) is 103 Å². The first-order valence-corrected chi connectivity index (χ1v) is 19.5. The predicted molar refractivity (Wildman–Crippen MR) is 221 cm³/mol. The zero-order chi connectivity index (χ0) is 41.3. The first-order valence-electron chi connectivity index (χ1n) is 19.5. The molecule has 5 atom stereocenters. The fourth-order valence-corrected chi connectivity index (χ4v) is 6.57. The third-order valence-corrected chi connectivity index (χ3v) is 9.68. The van der Waals surface area contributed by atoms with Gasteiger partial charge in [0.25, 0.3) is 5.91 Å². The van der Waals surface area contributed by atoms with Gasteiger partial charge in [-0.3, -0.25) is 29.4 Å². The Balaban J connectivity index is 1.45. The molecule has 4 aromatic carbocycles. The Hall–Kier alpha value is -6.32. The summed E-state index contributed by atoms with van der Waals surface area (Å²) in [4.78, 5) is 69.9. The molecule has 0 bridgehead atoms. The van der Waals surface area contributed by atoms with E-state index in [9.17, 15) is 24.0 Å². The van der Waals surface area contributed by atoms with Gasteiger partial charge in [0.1, 0.15) is 24.2 Å². The predicted octanol–water partition coefficient (Wildman–Crippen LogP) is 2.75. The lowest BCUT2D eigenvalue weighted by Crippen LogP contribution is -2.64. The van der Waals surface area contributed by atoms with Gasteiger partial charge in [0, 0.05) is 42.9 Å². The van der Waals surface area contributed by atoms with E-state index in [1.807, 2.05) is 42.5 Å². The SMILES string of the molecule is CCC(NC(=N)N)C1NC(=O)C(Cc2ccccc2)NC(=O)C(NC(=O)c2ccccc2)CCOCCCCOCC(C(=O)Nc2cccc3ccccc23)NC1=O. The molecule has 0 saturated carbocycles. The minimum absolute atomic E-state index is 0.0312. The van der Waals surface area contributed by atoms with Gasteiger partial charge >= 0.3 is 0 Å². The Bertz CT molecular complexity index is 2010. The van der Waals surface area contributed by atoms with E-state index in [0.29, 0.717) is 36.3 Å². The Morgan fingerprint density at radius 2 is 1.47 bits per heavy atom. The number of carbonyl (C=O) groups is 5. The van der Waals surface area contributed by atoms with E-state index in [0.717, 1.165) is 10.8 Å². The smallest absolute Gasteiger partial charge is 0.251 e. The summed E-state index contributed by atoms with van der Waals surface area (Å²) in [5.74, 6) is -3.57. The van der Waals surface area contributed by atoms with Gasteiger partial charge in [0.2, 0.25) is 23.6 Å². The summed E-state index contributed by atoms with van der Waals surface area (Å²) in [6.45, 7) is 2.29. The Morgan fingerprint density at radius 3 is 2.19 bits per heavy atom. The molecule has 1 aliphatic heterocycles. The van der Waals surface area contributed by atoms with E-state index >= 15 is 0 Å². The number of amides is 5. The summed E-state index contributed by atoms with van der Waals surface area (Å²) in [5.41, 5.74) is 7.34. The lowest BCUT2D eigenvalue weighted by atomic mass is 10.0. The van der Waals surface area contributed by atoms with Crippen molar-refractivity contribution in [1.82, 2.24) is 26.6 Å². The average Bonchev–Trinajstić information content (AvgIpc) is 3.23. The fraction of sp³-hybridized carbons (Fsp3) is 0.349. The van der Waals surface area contributed by atoms with Gasteiger partial charge in [0.05, 0.1) is 12.6 Å². The van der Waals surface area contributed by atoms with Gasteiger partial charge in [-0.25, -0.2) is 0 Å². The number of ether oxygens (including phenoxy) is 2. The van der Waals surface area contributed by atoms with Gasteiger partial charge < -0.3 is 47.1 Å². The van der Waals surface area contributed by atoms with E-state index in [-0.39, 0.29) is 39.1 Å². The molecule has 1 saturated heterocycles. The standard InChI is InChI=1S/C43H52N8O7/c1-2-32(50-43(44)45)37-42(56)49-36(41(55)46-33-21-13-19-29-16-9-10-20-31(29)33)27-58-24-12-11-23-57-25-22-34(47-38(52)30-17-7-4-8-18-30)39(53)48-35(40(54)51-37)26-28-14-5-3-6-15-28/h3-10,13-21,32,34-37H,2,11-12,22-27H2,1H3,(H,46,55)(H,47,52)(H,48,53)(H,49,56)(H,51,54)(H4,44,45,50). The number of fused-ring (bicyclic) bond motifs is 1. The summed E-state index contributed by atoms with van der Waals surface area (Å²) < 4.78 is 11.8. The van der Waals surface area contributed by atoms with Crippen molar-refractivity contribution in [3.05, 3.63) is 114 Å². The van der Waals surface area contributed by atoms with Gasteiger partial charge in [-0.05, 0) is 54.8 Å². The highest BCUT2D eigenvalue weighted by atomic mass is 16.5. The second kappa shape index (κ2) is 21.8. The number of hydrogen-bond donors (Lipinski definition) is 8. The minimum atomic E-state index is -1.38. The van der Waals surface area contributed by atoms with E-state index in [2.05, 4.69) is 31.9 Å². The maximum absolute atomic E-state index is 14.4. The number of hydrogen-bond acceptors (Lipinski definition) is 8. The molecule has 0 aromatic heterocycles. The lowest BCUT2D eigenvalue weighted by molar-refractivity contribution is -0.134. The summed E-state index contributed by atoms with van der Waals surface area (Å²) >= 11 is 0. The zero-order valence-electron chi connectivity index (χ0n) is 32.5. The van der Waals surface area contributed by atoms with Crippen molar-refractivity contribution in [3.8, 4) is 0 Å². The van der Waals surface area contributed by atoms with Crippen LogP contribution < -0.4 is 37.6 Å². The van der Waals surface area contributed by atoms with Crippen molar-refractivity contribution in [3.63, 3.8) is 0 Å². The van der Waals surface area contributed by atoms with Crippen LogP contribution in [-0.2, 0) is 35.1 Å². The summed E-state index contributed by atoms with van der Waals surface area (Å²) in [7, 11) is 0. The van der Waals surface area contributed by atoms with E-state index < -0.39 is 65.7 Å². The second-order valence-electron chi connectivity index (χ2n) is 14.0. The van der Waals surface area contributed by atoms with E-state index in [4.69, 9.17) is 20.6 Å². The number of benzene rings is 4. The second-order valence-corrected chi connectivity index (χ2v) is 14.0. The molecule has 58 heavy (non-hydrogen) atoms. The lowest BCUT2D eigenvalue weighted by Gasteiger charge is -2.31. The van der Waals surface area contributed by atoms with E-state index in [1.54, 1.807) is 67.6 Å². The van der Waals surface area contributed by atoms with Gasteiger partial charge in [-0.15, -0.1) is 0 Å². The van der Waals surface area contributed by atoms with Crippen LogP contribution in [0, 0.1) is 5.41 Å². The molecule has 0 radical (unpaired) electrons. The van der Waals surface area contributed by atoms with Crippen LogP contribution in [0.3, 0.4) is 0 Å². The number of anilines is 1. The number of nitrogens with one attached hydrogen (secondary N) is 7. The molecule has 1 heterocycles. The molecule has 15 heteroatoms. The Labute approximate surface area is 337 Å². The first kappa shape index (κ1) is 42.8. The van der Waals surface area contributed by atoms with Crippen LogP contribution in [0.4, 0.5) is 5.69 Å². The van der Waals surface area contributed by atoms with Crippen LogP contribution in [-0.4, -0.2) is 92.1 Å². The van der Waals surface area contributed by atoms with Crippen LogP contribution in [0.1, 0.15) is 48.5 Å². The highest BCUT2D eigenvalue weighted by Crippen LogP contribution is 2.23. The van der Waals surface area contributed by atoms with Crippen molar-refractivity contribution in [2.45, 2.75) is 69.2 Å². The van der Waals surface area contributed by atoms with Gasteiger partial charge in [0.15, 0.2) is 5.96 Å². The molecule has 1 fully saturated rings. The maximum Gasteiger partial charge on any atom is 0.251 e. The van der Waals surface area contributed by atoms with Crippen molar-refractivity contribution in [2.75, 3.05) is 31.7 Å². The molecular weight excluding hydrogens is 741 g/mol. The molecule has 5 amide bonds. The number of rotatable bonds is 9. The topological polar surface area (TPSA) is 226 Å². The quantitative estimate of drug-likeness (QED) is 0.0920. The molecule has 1 aliphatic rings. The fourth-order valence-electron chi connectivity index (χ4n) is 6.57. The van der Waals surface area contributed by atoms with Crippen LogP contribution in [0.25, 0.3) is 10.8 Å². The van der Waals surface area contributed by atoms with Crippen LogP contribution >= 0.6 is 0 Å². The van der Waals surface area contributed by atoms with Crippen LogP contribution in [0.2, 0.25) is 0 Å². The Kier molecular flexibility index (Phi) is 16.1. The molecule has 5 rings (SSSR count). The normalized spacial score (nSPS) is 20.7. The summed E-state index contributed by atoms with van der Waals surface area (Å²) in [5, 5.41) is 26.5. The van der Waals surface area contributed by atoms with Crippen molar-refractivity contribution in [1.29, 1.82) is 5.41 Å². The Morgan fingerprint density at radius 1 is 0.793 bits per heavy atom. The van der Waals surface area contributed by atoms with Crippen molar-refractivity contribution >= 4 is 52.0 Å². The third-order valence-electron chi connectivity index (χ3n) is 9.68. The largest absolute Gasteiger partial charge is 0.381 e. The molecular formula is C43H52N8O7. The monoisotopic (exact) mass is 792 g/mol. The zero-order valence-corrected chi connectivity index (χ0v) is 32.5. The average molecular weight is 793 g/mol. The molecule has 9 N–H and O–H groups in total. The maximum atomic E-state index is 14.4. The highest BCUT2D eigenvalue weighted by Gasteiger charge is 2.35. The minimum Gasteiger partial charge on any atom is -0.381 e. The molecule has 306 valence electrons. The van der Waals surface area contributed by atoms with Crippen molar-refractivity contribution in [2.24, 2.45) is 5.73 Å². The van der Waals surface area contributed by atoms with Crippen molar-refractivity contribution < 1.29 is 33.4 Å². The highest BCUT2D eigenvalue weighted by molar-refractivity contribution is 6.05. The summed E-state index contributed by atoms with van der Waals surface area (Å²) in [6.07, 6.45) is 1.54. The summed E-state index contributed by atoms with van der Waals surface area (Å²) in [6, 6.07) is 24.7. The molecule has 15 nitrogen and oxygen atoms in total. The molecule has 4 aromatic rings. The number of carbonyl (C=O) groups excluding carboxylic acids is 5. The first-order chi connectivity index (χ1) is 28.1. The molecule has 0 aliphatic carbocycles. The van der Waals surface area contributed by atoms with E-state index in [1.165, 1.54) is 0 Å². The number of guanidine groups is 1. The molecule has 0 spiro atoms. The van der Waals surface area contributed by atoms with Gasteiger partial charge in [-0.2, -0.15) is 0 Å². The third kappa shape index (κ3) is 12.6.